The maximum Gasteiger partial charge on any atom is 0.319 e. The Hall–Kier alpha value is -3.82. The molecule has 6 heterocycles. The topological polar surface area (TPSA) is 99.9 Å². The molecule has 9 heteroatoms. The second kappa shape index (κ2) is 12.7. The third-order valence-corrected chi connectivity index (χ3v) is 14.6. The molecule has 276 valence electrons. The van der Waals surface area contributed by atoms with Crippen molar-refractivity contribution < 1.29 is 23.8 Å². The molecule has 3 saturated heterocycles. The number of hydrogen-bond donors (Lipinski definition) is 2. The molecule has 1 saturated carbocycles. The number of likely N-dealkylation sites (tertiary alicyclic amines) is 1. The number of methoxy groups -OCH3 is 3. The van der Waals surface area contributed by atoms with Gasteiger partial charge >= 0.3 is 11.9 Å². The first-order valence-electron chi connectivity index (χ1n) is 19.7. The van der Waals surface area contributed by atoms with Crippen LogP contribution in [0.5, 0.6) is 5.75 Å². The number of aromatic amines is 2. The molecule has 6 bridgehead atoms. The van der Waals surface area contributed by atoms with E-state index in [2.05, 4.69) is 77.1 Å². The zero-order valence-electron chi connectivity index (χ0n) is 31.6. The molecule has 3 unspecified atom stereocenters. The lowest BCUT2D eigenvalue weighted by atomic mass is 9.56. The minimum absolute atomic E-state index is 0.0411. The molecule has 0 amide bonds. The Balaban J connectivity index is 1.26. The molecule has 2 aromatic heterocycles. The number of H-pyrrole nitrogens is 2. The highest BCUT2D eigenvalue weighted by molar-refractivity contribution is 5.93. The van der Waals surface area contributed by atoms with Gasteiger partial charge in [-0.25, -0.2) is 0 Å². The average molecular weight is 707 g/mol. The average Bonchev–Trinajstić information content (AvgIpc) is 3.69. The van der Waals surface area contributed by atoms with E-state index in [0.29, 0.717) is 17.8 Å². The number of piperidine rings is 3. The van der Waals surface area contributed by atoms with Crippen LogP contribution in [0.25, 0.3) is 21.8 Å². The molecule has 10 atom stereocenters. The van der Waals surface area contributed by atoms with E-state index in [4.69, 9.17) is 14.2 Å². The lowest BCUT2D eigenvalue weighted by Gasteiger charge is -2.57. The Morgan fingerprint density at radius 2 is 1.73 bits per heavy atom. The highest BCUT2D eigenvalue weighted by atomic mass is 16.5. The number of benzene rings is 2. The summed E-state index contributed by atoms with van der Waals surface area (Å²) in [5, 5.41) is 2.35. The fourth-order valence-electron chi connectivity index (χ4n) is 12.4. The van der Waals surface area contributed by atoms with Gasteiger partial charge in [-0.05, 0) is 92.1 Å². The highest BCUT2D eigenvalue weighted by Gasteiger charge is 2.63. The van der Waals surface area contributed by atoms with E-state index >= 15 is 0 Å². The van der Waals surface area contributed by atoms with Gasteiger partial charge in [0.2, 0.25) is 0 Å². The van der Waals surface area contributed by atoms with E-state index in [1.165, 1.54) is 28.6 Å². The van der Waals surface area contributed by atoms with Crippen LogP contribution in [0.2, 0.25) is 0 Å². The van der Waals surface area contributed by atoms with Gasteiger partial charge in [-0.1, -0.05) is 44.9 Å². The van der Waals surface area contributed by atoms with Crippen molar-refractivity contribution in [1.82, 2.24) is 19.8 Å². The number of fused-ring (bicyclic) bond motifs is 9. The van der Waals surface area contributed by atoms with Gasteiger partial charge in [0.1, 0.15) is 11.2 Å². The van der Waals surface area contributed by atoms with E-state index in [1.54, 1.807) is 21.3 Å². The lowest BCUT2D eigenvalue weighted by molar-refractivity contribution is -0.162. The number of esters is 2. The summed E-state index contributed by atoms with van der Waals surface area (Å²) in [7, 11) is 7.06. The van der Waals surface area contributed by atoms with Crippen LogP contribution in [0.3, 0.4) is 0 Å². The number of ether oxygens (including phenoxy) is 3. The number of hydrogen-bond acceptors (Lipinski definition) is 7. The standard InChI is InChI=1S/C43H54N4O5/c1-7-24-15-23-20-43(42(49)52-6)39-27(13-14-47(21-23)40(24)43)29-19-36(50-4)30(17-34(29)45-39)31-16-28-25(8-2)22-46(3)35(37(28)41(48)51-5)18-32-26-11-9-10-12-33(26)44-38(31)32/h9-12,17,19,23-25,28,31,35,37,40,44-45H,7-8,13-16,18,20-22H2,1-6H3/t23-,24+,25-,28?,31?,35+,37+,40+,43-/m1/s1. The Kier molecular flexibility index (Phi) is 8.27. The summed E-state index contributed by atoms with van der Waals surface area (Å²) in [5.74, 6) is 1.79. The zero-order chi connectivity index (χ0) is 36.1. The normalized spacial score (nSPS) is 33.8. The van der Waals surface area contributed by atoms with Gasteiger partial charge in [0.15, 0.2) is 0 Å². The SMILES string of the molecule is CC[C@@H]1CN(C)[C@H]2Cc3c([nH]c4ccccc34)C(c3cc4[nH]c5c(c4cc3OC)CCN3C[C@@H]4C[C@H](CC)[C@H]3[C@@]5(C(=O)OC)C4)CC1[C@@H]2C(=O)OC. The minimum Gasteiger partial charge on any atom is -0.496 e. The van der Waals surface area contributed by atoms with E-state index in [9.17, 15) is 9.59 Å². The largest absolute Gasteiger partial charge is 0.496 e. The van der Waals surface area contributed by atoms with Gasteiger partial charge in [0.25, 0.3) is 0 Å². The summed E-state index contributed by atoms with van der Waals surface area (Å²) in [4.78, 5) is 40.9. The molecular formula is C43H54N4O5. The first kappa shape index (κ1) is 34.0. The van der Waals surface area contributed by atoms with Crippen LogP contribution in [0.4, 0.5) is 0 Å². The Morgan fingerprint density at radius 3 is 2.48 bits per heavy atom. The zero-order valence-corrected chi connectivity index (χ0v) is 31.6. The first-order chi connectivity index (χ1) is 25.3. The van der Waals surface area contributed by atoms with E-state index in [-0.39, 0.29) is 41.8 Å². The molecule has 9 nitrogen and oxygen atoms in total. The van der Waals surface area contributed by atoms with Crippen molar-refractivity contribution in [3.8, 4) is 5.75 Å². The minimum atomic E-state index is -0.718. The molecule has 52 heavy (non-hydrogen) atoms. The predicted octanol–water partition coefficient (Wildman–Crippen LogP) is 6.57. The Morgan fingerprint density at radius 1 is 0.923 bits per heavy atom. The van der Waals surface area contributed by atoms with Crippen molar-refractivity contribution >= 4 is 33.7 Å². The Labute approximate surface area is 306 Å². The summed E-state index contributed by atoms with van der Waals surface area (Å²) in [5.41, 5.74) is 7.34. The molecule has 4 aliphatic heterocycles. The summed E-state index contributed by atoms with van der Waals surface area (Å²) < 4.78 is 17.7. The van der Waals surface area contributed by atoms with Crippen molar-refractivity contribution in [2.75, 3.05) is 48.0 Å². The molecular weight excluding hydrogens is 652 g/mol. The van der Waals surface area contributed by atoms with Gasteiger partial charge in [-0.2, -0.15) is 0 Å². The van der Waals surface area contributed by atoms with Crippen molar-refractivity contribution in [2.24, 2.45) is 29.6 Å². The van der Waals surface area contributed by atoms with Crippen LogP contribution < -0.4 is 4.74 Å². The quantitative estimate of drug-likeness (QED) is 0.219. The predicted molar refractivity (Wildman–Crippen MR) is 202 cm³/mol. The number of aromatic nitrogens is 2. The Bertz CT molecular complexity index is 2050. The van der Waals surface area contributed by atoms with Gasteiger partial charge in [-0.15, -0.1) is 0 Å². The van der Waals surface area contributed by atoms with E-state index in [0.717, 1.165) is 91.6 Å². The van der Waals surface area contributed by atoms with Crippen molar-refractivity contribution in [3.63, 3.8) is 0 Å². The molecule has 2 N–H and O–H groups in total. The van der Waals surface area contributed by atoms with Crippen LogP contribution in [0.15, 0.2) is 36.4 Å². The van der Waals surface area contributed by atoms with Crippen molar-refractivity contribution in [3.05, 3.63) is 64.5 Å². The number of carbonyl (C=O) groups excluding carboxylic acids is 2. The first-order valence-corrected chi connectivity index (χ1v) is 19.7. The molecule has 10 rings (SSSR count). The molecule has 4 fully saturated rings. The summed E-state index contributed by atoms with van der Waals surface area (Å²) in [6.07, 6.45) is 6.50. The molecule has 2 aromatic carbocycles. The molecule has 4 aromatic rings. The third-order valence-electron chi connectivity index (χ3n) is 14.6. The number of nitrogens with zero attached hydrogens (tertiary/aromatic N) is 2. The van der Waals surface area contributed by atoms with Gasteiger partial charge in [0, 0.05) is 76.4 Å². The molecule has 2 aliphatic carbocycles. The number of rotatable bonds is 6. The van der Waals surface area contributed by atoms with E-state index in [1.807, 2.05) is 0 Å². The fraction of sp³-hybridized carbons (Fsp3) is 0.581. The molecule has 0 spiro atoms. The van der Waals surface area contributed by atoms with Gasteiger partial charge in [0.05, 0.1) is 27.2 Å². The lowest BCUT2D eigenvalue weighted by Crippen LogP contribution is -2.67. The van der Waals surface area contributed by atoms with Crippen LogP contribution >= 0.6 is 0 Å². The van der Waals surface area contributed by atoms with Crippen LogP contribution in [-0.4, -0.2) is 91.8 Å². The number of para-hydroxylation sites is 1. The van der Waals surface area contributed by atoms with E-state index < -0.39 is 5.41 Å². The summed E-state index contributed by atoms with van der Waals surface area (Å²) in [6.45, 7) is 7.49. The maximum atomic E-state index is 14.2. The van der Waals surface area contributed by atoms with Gasteiger partial charge in [-0.3, -0.25) is 14.5 Å². The van der Waals surface area contributed by atoms with Crippen molar-refractivity contribution in [2.45, 2.75) is 82.2 Å². The highest BCUT2D eigenvalue weighted by Crippen LogP contribution is 2.56. The van der Waals surface area contributed by atoms with Crippen molar-refractivity contribution in [1.29, 1.82) is 0 Å². The molecule has 0 radical (unpaired) electrons. The van der Waals surface area contributed by atoms with Gasteiger partial charge < -0.3 is 29.1 Å². The number of nitrogens with one attached hydrogen (secondary N) is 2. The van der Waals surface area contributed by atoms with Crippen LogP contribution in [0, 0.1) is 29.6 Å². The second-order valence-corrected chi connectivity index (χ2v) is 16.7. The third kappa shape index (κ3) is 4.73. The summed E-state index contributed by atoms with van der Waals surface area (Å²) in [6, 6.07) is 13.3. The number of carbonyl (C=O) groups is 2. The van der Waals surface area contributed by atoms with Crippen LogP contribution in [0.1, 0.15) is 79.9 Å². The fourth-order valence-corrected chi connectivity index (χ4v) is 12.4. The smallest absolute Gasteiger partial charge is 0.319 e. The monoisotopic (exact) mass is 706 g/mol. The molecule has 6 aliphatic rings. The summed E-state index contributed by atoms with van der Waals surface area (Å²) >= 11 is 0. The number of likely N-dealkylation sites (N-methyl/N-ethyl adjacent to an activating group) is 1. The van der Waals surface area contributed by atoms with Crippen LogP contribution in [-0.2, 0) is 37.3 Å². The maximum absolute atomic E-state index is 14.2. The second-order valence-electron chi connectivity index (χ2n) is 16.7.